The molecule has 0 atom stereocenters. The predicted molar refractivity (Wildman–Crippen MR) is 132 cm³/mol. The van der Waals surface area contributed by atoms with Crippen LogP contribution in [0.5, 0.6) is 11.5 Å². The van der Waals surface area contributed by atoms with Gasteiger partial charge in [-0.05, 0) is 35.2 Å². The Morgan fingerprint density at radius 2 is 1.09 bits per heavy atom. The highest BCUT2D eigenvalue weighted by atomic mass is 32.2. The number of thioether (sulfide) groups is 2. The van der Waals surface area contributed by atoms with E-state index in [1.54, 1.807) is 0 Å². The van der Waals surface area contributed by atoms with Gasteiger partial charge in [-0.3, -0.25) is 9.59 Å². The number of hydrogen-bond donors (Lipinski definition) is 2. The maximum atomic E-state index is 11.5. The Balaban J connectivity index is 1.60. The third-order valence-electron chi connectivity index (χ3n) is 5.26. The Morgan fingerprint density at radius 3 is 1.44 bits per heavy atom. The monoisotopic (exact) mass is 482 g/mol. The highest BCUT2D eigenvalue weighted by Crippen LogP contribution is 2.29. The van der Waals surface area contributed by atoms with E-state index in [-0.39, 0.29) is 22.3 Å². The molecule has 2 aromatic rings. The van der Waals surface area contributed by atoms with E-state index in [9.17, 15) is 19.8 Å². The fourth-order valence-corrected chi connectivity index (χ4v) is 5.96. The molecule has 0 unspecified atom stereocenters. The van der Waals surface area contributed by atoms with Crippen molar-refractivity contribution in [2.75, 3.05) is 23.0 Å². The fraction of sp³-hybridized carbons (Fsp3) is 0.583. The van der Waals surface area contributed by atoms with Crippen LogP contribution in [0.1, 0.15) is 52.1 Å². The number of rotatable bonds is 13. The zero-order valence-electron chi connectivity index (χ0n) is 19.3. The molecular weight excluding hydrogens is 448 g/mol. The van der Waals surface area contributed by atoms with Crippen molar-refractivity contribution in [1.82, 2.24) is 0 Å². The van der Waals surface area contributed by atoms with Crippen molar-refractivity contribution in [3.05, 3.63) is 56.6 Å². The highest BCUT2D eigenvalue weighted by molar-refractivity contribution is 8.02. The Labute approximate surface area is 197 Å². The van der Waals surface area contributed by atoms with Gasteiger partial charge in [-0.2, -0.15) is 23.5 Å². The lowest BCUT2D eigenvalue weighted by atomic mass is 9.85. The lowest BCUT2D eigenvalue weighted by Crippen LogP contribution is -2.17. The van der Waals surface area contributed by atoms with Crippen LogP contribution in [-0.2, 0) is 12.8 Å². The highest BCUT2D eigenvalue weighted by Gasteiger charge is 2.21. The van der Waals surface area contributed by atoms with E-state index < -0.39 is 10.9 Å². The molecule has 6 nitrogen and oxygen atoms in total. The van der Waals surface area contributed by atoms with Gasteiger partial charge >= 0.3 is 0 Å². The van der Waals surface area contributed by atoms with Crippen LogP contribution in [0.3, 0.4) is 0 Å². The molecule has 2 N–H and O–H groups in total. The van der Waals surface area contributed by atoms with Crippen molar-refractivity contribution in [1.29, 1.82) is 0 Å². The molecule has 2 aromatic heterocycles. The van der Waals surface area contributed by atoms with Crippen LogP contribution >= 0.6 is 23.5 Å². The van der Waals surface area contributed by atoms with Crippen molar-refractivity contribution in [2.45, 2.75) is 53.4 Å². The zero-order chi connectivity index (χ0) is 23.8. The van der Waals surface area contributed by atoms with Gasteiger partial charge in [-0.25, -0.2) is 0 Å². The minimum Gasteiger partial charge on any atom is -0.502 e. The van der Waals surface area contributed by atoms with Gasteiger partial charge in [0.25, 0.3) is 0 Å². The molecule has 0 radical (unpaired) electrons. The zero-order valence-corrected chi connectivity index (χ0v) is 20.9. The lowest BCUT2D eigenvalue weighted by Gasteiger charge is -2.24. The first kappa shape index (κ1) is 26.5. The molecule has 0 fully saturated rings. The van der Waals surface area contributed by atoms with Gasteiger partial charge in [-0.15, -0.1) is 0 Å². The molecule has 0 saturated heterocycles. The molecule has 0 aliphatic heterocycles. The van der Waals surface area contributed by atoms with Gasteiger partial charge in [-0.1, -0.05) is 27.7 Å². The van der Waals surface area contributed by atoms with Crippen molar-refractivity contribution < 1.29 is 19.0 Å². The molecule has 8 heteroatoms. The average molecular weight is 483 g/mol. The largest absolute Gasteiger partial charge is 0.502 e. The van der Waals surface area contributed by atoms with E-state index >= 15 is 0 Å². The average Bonchev–Trinajstić information content (AvgIpc) is 2.69. The Bertz CT molecular complexity index is 897. The quantitative estimate of drug-likeness (QED) is 0.381. The molecule has 0 aromatic carbocycles. The van der Waals surface area contributed by atoms with Crippen LogP contribution in [0.15, 0.2) is 43.1 Å². The molecule has 2 rings (SSSR count). The van der Waals surface area contributed by atoms with Crippen molar-refractivity contribution in [3.8, 4) is 11.5 Å². The van der Waals surface area contributed by atoms with Crippen molar-refractivity contribution in [3.63, 3.8) is 0 Å². The fourth-order valence-electron chi connectivity index (χ4n) is 3.21. The van der Waals surface area contributed by atoms with Gasteiger partial charge in [0.1, 0.15) is 24.0 Å². The van der Waals surface area contributed by atoms with Gasteiger partial charge < -0.3 is 19.0 Å². The second-order valence-corrected chi connectivity index (χ2v) is 12.0. The third kappa shape index (κ3) is 9.36. The summed E-state index contributed by atoms with van der Waals surface area (Å²) < 4.78 is 10.7. The number of aromatic hydroxyl groups is 2. The summed E-state index contributed by atoms with van der Waals surface area (Å²) in [6.07, 6.45) is 5.57. The first-order chi connectivity index (χ1) is 15.0. The van der Waals surface area contributed by atoms with Crippen molar-refractivity contribution >= 4 is 23.5 Å². The summed E-state index contributed by atoms with van der Waals surface area (Å²) in [5, 5.41) is 18.6. The van der Waals surface area contributed by atoms with Crippen LogP contribution in [0.25, 0.3) is 0 Å². The molecule has 0 amide bonds. The van der Waals surface area contributed by atoms with Gasteiger partial charge in [0.2, 0.25) is 10.9 Å². The maximum Gasteiger partial charge on any atom is 0.226 e. The minimum absolute atomic E-state index is 0.0142. The second kappa shape index (κ2) is 11.9. The Morgan fingerprint density at radius 1 is 0.719 bits per heavy atom. The smallest absolute Gasteiger partial charge is 0.226 e. The third-order valence-corrected chi connectivity index (χ3v) is 7.49. The molecule has 2 heterocycles. The standard InChI is InChI=1S/C24H34O6S2/c1-23(2,13-17-11-19(25)21(27)15-29-17)5-7-31-9-10-32-8-6-24(3,4)14-18-12-20(26)22(28)16-30-18/h11-12,15-16,27-28H,5-10,13-14H2,1-4H3. The SMILES string of the molecule is CC(C)(CCSCCSCCC(C)(C)Cc1cc(=O)c(O)co1)Cc1cc(=O)c(O)co1. The summed E-state index contributed by atoms with van der Waals surface area (Å²) in [5.41, 5.74) is -0.769. The maximum absolute atomic E-state index is 11.5. The van der Waals surface area contributed by atoms with Crippen LogP contribution < -0.4 is 10.9 Å². The van der Waals surface area contributed by atoms with Crippen LogP contribution in [0.2, 0.25) is 0 Å². The first-order valence-corrected chi connectivity index (χ1v) is 13.1. The normalized spacial score (nSPS) is 12.2. The molecular formula is C24H34O6S2. The van der Waals surface area contributed by atoms with Gasteiger partial charge in [0, 0.05) is 36.5 Å². The molecule has 0 spiro atoms. The molecule has 0 bridgehead atoms. The number of hydrogen-bond acceptors (Lipinski definition) is 8. The summed E-state index contributed by atoms with van der Waals surface area (Å²) in [6.45, 7) is 8.64. The van der Waals surface area contributed by atoms with E-state index in [4.69, 9.17) is 8.83 Å². The predicted octanol–water partition coefficient (Wildman–Crippen LogP) is 5.09. The summed E-state index contributed by atoms with van der Waals surface area (Å²) in [6, 6.07) is 2.75. The summed E-state index contributed by atoms with van der Waals surface area (Å²) in [4.78, 5) is 23.1. The van der Waals surface area contributed by atoms with Crippen molar-refractivity contribution in [2.24, 2.45) is 10.8 Å². The Hall–Kier alpha value is -1.80. The first-order valence-electron chi connectivity index (χ1n) is 10.7. The molecule has 0 aliphatic carbocycles. The van der Waals surface area contributed by atoms with Gasteiger partial charge in [0.15, 0.2) is 11.5 Å². The molecule has 0 saturated carbocycles. The molecule has 32 heavy (non-hydrogen) atoms. The second-order valence-electron chi connectivity index (χ2n) is 9.60. The van der Waals surface area contributed by atoms with Gasteiger partial charge in [0.05, 0.1) is 0 Å². The van der Waals surface area contributed by atoms with Crippen LogP contribution in [0.4, 0.5) is 0 Å². The Kier molecular flexibility index (Phi) is 9.83. The summed E-state index contributed by atoms with van der Waals surface area (Å²) in [5.74, 6) is 4.76. The van der Waals surface area contributed by atoms with E-state index in [0.717, 1.165) is 48.4 Å². The minimum atomic E-state index is -0.399. The van der Waals surface area contributed by atoms with Crippen LogP contribution in [-0.4, -0.2) is 33.2 Å². The topological polar surface area (TPSA) is 101 Å². The van der Waals surface area contributed by atoms with E-state index in [2.05, 4.69) is 27.7 Å². The molecule has 178 valence electrons. The van der Waals surface area contributed by atoms with E-state index in [0.29, 0.717) is 24.4 Å². The van der Waals surface area contributed by atoms with Crippen LogP contribution in [0, 0.1) is 10.8 Å². The van der Waals surface area contributed by atoms with E-state index in [1.165, 1.54) is 12.1 Å². The summed E-state index contributed by atoms with van der Waals surface area (Å²) in [7, 11) is 0. The lowest BCUT2D eigenvalue weighted by molar-refractivity contribution is 0.310. The summed E-state index contributed by atoms with van der Waals surface area (Å²) >= 11 is 3.87. The van der Waals surface area contributed by atoms with E-state index in [1.807, 2.05) is 23.5 Å². The molecule has 0 aliphatic rings.